The van der Waals surface area contributed by atoms with Crippen molar-refractivity contribution in [1.29, 1.82) is 0 Å². The van der Waals surface area contributed by atoms with E-state index in [-0.39, 0.29) is 18.4 Å². The Balaban J connectivity index is 1.50. The summed E-state index contributed by atoms with van der Waals surface area (Å²) in [6, 6.07) is 7.24. The molecule has 3 rings (SSSR count). The van der Waals surface area contributed by atoms with Gasteiger partial charge < -0.3 is 15.1 Å². The summed E-state index contributed by atoms with van der Waals surface area (Å²) in [7, 11) is 2.04. The Morgan fingerprint density at radius 3 is 2.54 bits per heavy atom. The number of urea groups is 1. The monoisotopic (exact) mass is 437 g/mol. The molecular formula is C17H20BrN5O2S. The number of amides is 3. The number of halogens is 1. The Morgan fingerprint density at radius 2 is 1.85 bits per heavy atom. The molecule has 0 bridgehead atoms. The lowest BCUT2D eigenvalue weighted by Gasteiger charge is -2.32. The Morgan fingerprint density at radius 1 is 1.15 bits per heavy atom. The number of likely N-dealkylation sites (N-methyl/N-ethyl adjacent to an activating group) is 1. The Bertz CT molecular complexity index is 772. The lowest BCUT2D eigenvalue weighted by Crippen LogP contribution is -2.48. The van der Waals surface area contributed by atoms with Crippen molar-refractivity contribution in [2.24, 2.45) is 0 Å². The molecule has 1 saturated heterocycles. The van der Waals surface area contributed by atoms with Crippen molar-refractivity contribution in [2.75, 3.05) is 43.9 Å². The zero-order valence-electron chi connectivity index (χ0n) is 14.4. The molecule has 3 amide bonds. The molecule has 1 aliphatic rings. The van der Waals surface area contributed by atoms with E-state index in [9.17, 15) is 9.59 Å². The van der Waals surface area contributed by atoms with Gasteiger partial charge in [0.15, 0.2) is 5.13 Å². The Hall–Kier alpha value is -1.97. The van der Waals surface area contributed by atoms with E-state index in [0.717, 1.165) is 23.2 Å². The quantitative estimate of drug-likeness (QED) is 0.770. The van der Waals surface area contributed by atoms with E-state index in [2.05, 4.69) is 36.4 Å². The van der Waals surface area contributed by atoms with E-state index < -0.39 is 0 Å². The number of hydrogen-bond acceptors (Lipinski definition) is 5. The maximum atomic E-state index is 12.3. The van der Waals surface area contributed by atoms with Gasteiger partial charge in [0.05, 0.1) is 12.1 Å². The van der Waals surface area contributed by atoms with Crippen LogP contribution in [-0.2, 0) is 11.2 Å². The number of rotatable bonds is 4. The molecule has 0 aliphatic carbocycles. The van der Waals surface area contributed by atoms with Crippen molar-refractivity contribution < 1.29 is 9.59 Å². The van der Waals surface area contributed by atoms with Crippen LogP contribution in [0.15, 0.2) is 34.1 Å². The molecule has 138 valence electrons. The summed E-state index contributed by atoms with van der Waals surface area (Å²) < 4.78 is 0.954. The van der Waals surface area contributed by atoms with E-state index in [1.807, 2.05) is 31.3 Å². The smallest absolute Gasteiger partial charge is 0.323 e. The predicted octanol–water partition coefficient (Wildman–Crippen LogP) is 2.87. The fourth-order valence-electron chi connectivity index (χ4n) is 2.53. The number of carbonyl (C=O) groups excluding carboxylic acids is 2. The van der Waals surface area contributed by atoms with Crippen LogP contribution in [0.5, 0.6) is 0 Å². The van der Waals surface area contributed by atoms with Crippen molar-refractivity contribution in [3.8, 4) is 0 Å². The van der Waals surface area contributed by atoms with Crippen LogP contribution in [0.1, 0.15) is 5.69 Å². The second-order valence-corrected chi connectivity index (χ2v) is 7.87. The minimum absolute atomic E-state index is 0.140. The molecular weight excluding hydrogens is 418 g/mol. The van der Waals surface area contributed by atoms with Gasteiger partial charge in [-0.25, -0.2) is 9.78 Å². The van der Waals surface area contributed by atoms with E-state index in [4.69, 9.17) is 0 Å². The Labute approximate surface area is 164 Å². The lowest BCUT2D eigenvalue weighted by atomic mass is 10.3. The summed E-state index contributed by atoms with van der Waals surface area (Å²) in [4.78, 5) is 32.7. The van der Waals surface area contributed by atoms with Crippen molar-refractivity contribution >= 4 is 50.0 Å². The maximum absolute atomic E-state index is 12.3. The summed E-state index contributed by atoms with van der Waals surface area (Å²) in [5, 5.41) is 7.95. The standard InChI is InChI=1S/C17H20BrN5O2S/c1-22-6-8-23(9-7-22)17(25)21-16-20-14(11-26-16)10-15(24)19-13-4-2-12(18)3-5-13/h2-5,11H,6-10H2,1H3,(H,19,24)(H,20,21,25). The minimum Gasteiger partial charge on any atom is -0.326 e. The van der Waals surface area contributed by atoms with Gasteiger partial charge in [-0.2, -0.15) is 0 Å². The van der Waals surface area contributed by atoms with Crippen molar-refractivity contribution in [1.82, 2.24) is 14.8 Å². The first-order valence-corrected chi connectivity index (χ1v) is 9.91. The summed E-state index contributed by atoms with van der Waals surface area (Å²) in [6.07, 6.45) is 0.164. The van der Waals surface area contributed by atoms with Crippen LogP contribution < -0.4 is 10.6 Å². The molecule has 7 nitrogen and oxygen atoms in total. The molecule has 1 fully saturated rings. The molecule has 0 spiro atoms. The summed E-state index contributed by atoms with van der Waals surface area (Å²) >= 11 is 4.68. The van der Waals surface area contributed by atoms with Crippen LogP contribution in [0.4, 0.5) is 15.6 Å². The largest absolute Gasteiger partial charge is 0.326 e. The second-order valence-electron chi connectivity index (χ2n) is 6.10. The van der Waals surface area contributed by atoms with Crippen molar-refractivity contribution in [3.63, 3.8) is 0 Å². The third-order valence-corrected chi connectivity index (χ3v) is 5.36. The van der Waals surface area contributed by atoms with Gasteiger partial charge in [-0.1, -0.05) is 15.9 Å². The van der Waals surface area contributed by atoms with E-state index in [0.29, 0.717) is 23.9 Å². The summed E-state index contributed by atoms with van der Waals surface area (Å²) in [6.45, 7) is 3.14. The second kappa shape index (κ2) is 8.61. The average molecular weight is 438 g/mol. The minimum atomic E-state index is -0.144. The summed E-state index contributed by atoms with van der Waals surface area (Å²) in [5.41, 5.74) is 1.37. The lowest BCUT2D eigenvalue weighted by molar-refractivity contribution is -0.115. The molecule has 0 saturated carbocycles. The Kier molecular flexibility index (Phi) is 6.23. The zero-order valence-corrected chi connectivity index (χ0v) is 16.8. The van der Waals surface area contributed by atoms with Gasteiger partial charge >= 0.3 is 6.03 Å². The molecule has 0 unspecified atom stereocenters. The molecule has 1 aromatic carbocycles. The van der Waals surface area contributed by atoms with Gasteiger partial charge in [0.25, 0.3) is 0 Å². The number of thiazole rings is 1. The number of carbonyl (C=O) groups is 2. The highest BCUT2D eigenvalue weighted by molar-refractivity contribution is 9.10. The molecule has 1 aromatic heterocycles. The molecule has 0 radical (unpaired) electrons. The first-order valence-electron chi connectivity index (χ1n) is 8.24. The first-order chi connectivity index (χ1) is 12.5. The van der Waals surface area contributed by atoms with E-state index in [1.54, 1.807) is 10.3 Å². The van der Waals surface area contributed by atoms with Gasteiger partial charge in [0.2, 0.25) is 5.91 Å². The van der Waals surface area contributed by atoms with E-state index >= 15 is 0 Å². The van der Waals surface area contributed by atoms with Gasteiger partial charge in [0.1, 0.15) is 0 Å². The third kappa shape index (κ3) is 5.26. The van der Waals surface area contributed by atoms with Gasteiger partial charge in [-0.15, -0.1) is 11.3 Å². The van der Waals surface area contributed by atoms with Crippen LogP contribution in [-0.4, -0.2) is 59.9 Å². The molecule has 1 aliphatic heterocycles. The topological polar surface area (TPSA) is 77.6 Å². The third-order valence-electron chi connectivity index (χ3n) is 4.03. The first kappa shape index (κ1) is 18.8. The zero-order chi connectivity index (χ0) is 18.5. The highest BCUT2D eigenvalue weighted by Gasteiger charge is 2.20. The molecule has 2 aromatic rings. The normalized spacial score (nSPS) is 14.9. The van der Waals surface area contributed by atoms with Gasteiger partial charge in [0, 0.05) is 41.7 Å². The van der Waals surface area contributed by atoms with Crippen LogP contribution in [0, 0.1) is 0 Å². The van der Waals surface area contributed by atoms with E-state index in [1.165, 1.54) is 11.3 Å². The van der Waals surface area contributed by atoms with Gasteiger partial charge in [-0.3, -0.25) is 10.1 Å². The SMILES string of the molecule is CN1CCN(C(=O)Nc2nc(CC(=O)Nc3ccc(Br)cc3)cs2)CC1. The van der Waals surface area contributed by atoms with Crippen LogP contribution in [0.25, 0.3) is 0 Å². The summed E-state index contributed by atoms with van der Waals surface area (Å²) in [5.74, 6) is -0.144. The highest BCUT2D eigenvalue weighted by atomic mass is 79.9. The van der Waals surface area contributed by atoms with Crippen LogP contribution in [0.3, 0.4) is 0 Å². The van der Waals surface area contributed by atoms with Gasteiger partial charge in [-0.05, 0) is 31.3 Å². The predicted molar refractivity (Wildman–Crippen MR) is 107 cm³/mol. The number of hydrogen-bond donors (Lipinski definition) is 2. The fraction of sp³-hybridized carbons (Fsp3) is 0.353. The maximum Gasteiger partial charge on any atom is 0.323 e. The number of piperazine rings is 1. The number of benzene rings is 1. The number of nitrogens with one attached hydrogen (secondary N) is 2. The molecule has 2 heterocycles. The molecule has 9 heteroatoms. The van der Waals surface area contributed by atoms with Crippen molar-refractivity contribution in [2.45, 2.75) is 6.42 Å². The van der Waals surface area contributed by atoms with Crippen LogP contribution >= 0.6 is 27.3 Å². The average Bonchev–Trinajstić information content (AvgIpc) is 3.04. The number of nitrogens with zero attached hydrogens (tertiary/aromatic N) is 3. The van der Waals surface area contributed by atoms with Crippen molar-refractivity contribution in [3.05, 3.63) is 39.8 Å². The highest BCUT2D eigenvalue weighted by Crippen LogP contribution is 2.18. The van der Waals surface area contributed by atoms with Crippen LogP contribution in [0.2, 0.25) is 0 Å². The molecule has 0 atom stereocenters. The molecule has 2 N–H and O–H groups in total. The number of aromatic nitrogens is 1. The molecule has 26 heavy (non-hydrogen) atoms. The fourth-order valence-corrected chi connectivity index (χ4v) is 3.49. The number of anilines is 2.